The molecule has 0 heterocycles. The van der Waals surface area contributed by atoms with Gasteiger partial charge in [-0.3, -0.25) is 0 Å². The number of nitrogens with two attached hydrogens (primary N) is 1. The molecular formula is C13H20FNO2. The minimum atomic E-state index is -0.385. The summed E-state index contributed by atoms with van der Waals surface area (Å²) in [5, 5.41) is 0. The highest BCUT2D eigenvalue weighted by Gasteiger charge is 2.11. The van der Waals surface area contributed by atoms with Crippen molar-refractivity contribution in [2.75, 3.05) is 13.2 Å². The number of hydrogen-bond donors (Lipinski definition) is 1. The molecule has 0 saturated heterocycles. The lowest BCUT2D eigenvalue weighted by Gasteiger charge is -2.20. The van der Waals surface area contributed by atoms with Crippen LogP contribution >= 0.6 is 0 Å². The molecule has 0 radical (unpaired) electrons. The van der Waals surface area contributed by atoms with E-state index in [1.165, 1.54) is 6.07 Å². The van der Waals surface area contributed by atoms with Gasteiger partial charge in [0.05, 0.1) is 12.2 Å². The van der Waals surface area contributed by atoms with E-state index in [4.69, 9.17) is 15.2 Å². The molecule has 0 spiro atoms. The van der Waals surface area contributed by atoms with Crippen molar-refractivity contribution in [3.63, 3.8) is 0 Å². The highest BCUT2D eigenvalue weighted by atomic mass is 19.1. The molecular weight excluding hydrogens is 221 g/mol. The van der Waals surface area contributed by atoms with Crippen molar-refractivity contribution >= 4 is 0 Å². The Morgan fingerprint density at radius 1 is 1.24 bits per heavy atom. The molecule has 17 heavy (non-hydrogen) atoms. The molecule has 0 fully saturated rings. The fourth-order valence-electron chi connectivity index (χ4n) is 1.37. The van der Waals surface area contributed by atoms with Crippen LogP contribution in [0.2, 0.25) is 0 Å². The zero-order valence-electron chi connectivity index (χ0n) is 10.6. The van der Waals surface area contributed by atoms with E-state index >= 15 is 0 Å². The third-order valence-corrected chi connectivity index (χ3v) is 2.13. The number of ether oxygens (including phenoxy) is 2. The van der Waals surface area contributed by atoms with Crippen LogP contribution in [-0.4, -0.2) is 18.8 Å². The van der Waals surface area contributed by atoms with Crippen LogP contribution in [0, 0.1) is 5.82 Å². The molecule has 0 aliphatic rings. The number of halogens is 1. The van der Waals surface area contributed by atoms with Gasteiger partial charge in [0.2, 0.25) is 0 Å². The molecule has 1 rings (SSSR count). The minimum Gasteiger partial charge on any atom is -0.488 e. The number of para-hydroxylation sites is 1. The monoisotopic (exact) mass is 241 g/mol. The molecule has 0 aliphatic heterocycles. The summed E-state index contributed by atoms with van der Waals surface area (Å²) in [6, 6.07) is 4.73. The second-order valence-electron chi connectivity index (χ2n) is 4.74. The second kappa shape index (κ2) is 5.98. The zero-order valence-corrected chi connectivity index (χ0v) is 10.6. The minimum absolute atomic E-state index is 0.213. The first-order valence-electron chi connectivity index (χ1n) is 5.68. The standard InChI is InChI=1S/C13H20FNO2/c1-13(2,3)17-8-7-16-12-10(9-15)5-4-6-11(12)14/h4-6H,7-9,15H2,1-3H3. The van der Waals surface area contributed by atoms with E-state index in [0.717, 1.165) is 0 Å². The van der Waals surface area contributed by atoms with E-state index in [1.807, 2.05) is 20.8 Å². The Bertz CT molecular complexity index is 361. The maximum Gasteiger partial charge on any atom is 0.165 e. The largest absolute Gasteiger partial charge is 0.488 e. The van der Waals surface area contributed by atoms with E-state index in [0.29, 0.717) is 18.8 Å². The molecule has 1 aromatic rings. The zero-order chi connectivity index (χ0) is 12.9. The Balaban J connectivity index is 2.52. The molecule has 0 unspecified atom stereocenters. The van der Waals surface area contributed by atoms with Crippen molar-refractivity contribution < 1.29 is 13.9 Å². The Morgan fingerprint density at radius 3 is 2.53 bits per heavy atom. The van der Waals surface area contributed by atoms with Crippen LogP contribution < -0.4 is 10.5 Å². The Kier molecular flexibility index (Phi) is 4.90. The summed E-state index contributed by atoms with van der Waals surface area (Å²) in [5.41, 5.74) is 5.97. The van der Waals surface area contributed by atoms with Gasteiger partial charge in [-0.15, -0.1) is 0 Å². The van der Waals surface area contributed by atoms with E-state index in [9.17, 15) is 4.39 Å². The first kappa shape index (κ1) is 13.9. The Hall–Kier alpha value is -1.13. The quantitative estimate of drug-likeness (QED) is 0.805. The summed E-state index contributed by atoms with van der Waals surface area (Å²) in [5.74, 6) is -0.156. The van der Waals surface area contributed by atoms with Crippen LogP contribution in [0.5, 0.6) is 5.75 Å². The summed E-state index contributed by atoms with van der Waals surface area (Å²) >= 11 is 0. The van der Waals surface area contributed by atoms with Crippen LogP contribution in [0.25, 0.3) is 0 Å². The lowest BCUT2D eigenvalue weighted by atomic mass is 10.2. The smallest absolute Gasteiger partial charge is 0.165 e. The molecule has 0 bridgehead atoms. The van der Waals surface area contributed by atoms with E-state index in [-0.39, 0.29) is 23.7 Å². The van der Waals surface area contributed by atoms with E-state index < -0.39 is 0 Å². The van der Waals surface area contributed by atoms with Gasteiger partial charge in [-0.2, -0.15) is 0 Å². The fraction of sp³-hybridized carbons (Fsp3) is 0.538. The summed E-state index contributed by atoms with van der Waals surface area (Å²) in [4.78, 5) is 0. The van der Waals surface area contributed by atoms with E-state index in [1.54, 1.807) is 12.1 Å². The van der Waals surface area contributed by atoms with Crippen LogP contribution in [0.3, 0.4) is 0 Å². The average molecular weight is 241 g/mol. The van der Waals surface area contributed by atoms with E-state index in [2.05, 4.69) is 0 Å². The van der Waals surface area contributed by atoms with Gasteiger partial charge in [0.25, 0.3) is 0 Å². The number of hydrogen-bond acceptors (Lipinski definition) is 3. The van der Waals surface area contributed by atoms with Crippen LogP contribution in [0.1, 0.15) is 26.3 Å². The lowest BCUT2D eigenvalue weighted by molar-refractivity contribution is -0.0167. The summed E-state index contributed by atoms with van der Waals surface area (Å²) in [6.45, 7) is 6.87. The molecule has 2 N–H and O–H groups in total. The van der Waals surface area contributed by atoms with Gasteiger partial charge < -0.3 is 15.2 Å². The summed E-state index contributed by atoms with van der Waals surface area (Å²) in [6.07, 6.45) is 0. The molecule has 96 valence electrons. The molecule has 0 aromatic heterocycles. The average Bonchev–Trinajstić information content (AvgIpc) is 2.24. The molecule has 0 atom stereocenters. The van der Waals surface area contributed by atoms with Gasteiger partial charge in [0.1, 0.15) is 6.61 Å². The van der Waals surface area contributed by atoms with Crippen LogP contribution in [0.4, 0.5) is 4.39 Å². The topological polar surface area (TPSA) is 44.5 Å². The maximum atomic E-state index is 13.5. The number of benzene rings is 1. The van der Waals surface area contributed by atoms with Crippen molar-refractivity contribution in [2.45, 2.75) is 32.9 Å². The van der Waals surface area contributed by atoms with Gasteiger partial charge in [0, 0.05) is 12.1 Å². The molecule has 0 saturated carbocycles. The highest BCUT2D eigenvalue weighted by Crippen LogP contribution is 2.22. The summed E-state index contributed by atoms with van der Waals surface area (Å²) in [7, 11) is 0. The SMILES string of the molecule is CC(C)(C)OCCOc1c(F)cccc1CN. The van der Waals surface area contributed by atoms with Crippen molar-refractivity contribution in [1.29, 1.82) is 0 Å². The first-order valence-corrected chi connectivity index (χ1v) is 5.68. The second-order valence-corrected chi connectivity index (χ2v) is 4.74. The van der Waals surface area contributed by atoms with Gasteiger partial charge in [-0.05, 0) is 26.8 Å². The fourth-order valence-corrected chi connectivity index (χ4v) is 1.37. The van der Waals surface area contributed by atoms with Gasteiger partial charge in [0.15, 0.2) is 11.6 Å². The molecule has 4 heteroatoms. The highest BCUT2D eigenvalue weighted by molar-refractivity contribution is 5.34. The third kappa shape index (κ3) is 4.71. The Labute approximate surface area is 102 Å². The Morgan fingerprint density at radius 2 is 1.94 bits per heavy atom. The lowest BCUT2D eigenvalue weighted by Crippen LogP contribution is -2.22. The molecule has 0 amide bonds. The first-order chi connectivity index (χ1) is 7.94. The number of rotatable bonds is 5. The van der Waals surface area contributed by atoms with Crippen molar-refractivity contribution in [1.82, 2.24) is 0 Å². The van der Waals surface area contributed by atoms with Gasteiger partial charge in [-0.25, -0.2) is 4.39 Å². The predicted molar refractivity (Wildman–Crippen MR) is 65.5 cm³/mol. The van der Waals surface area contributed by atoms with Crippen molar-refractivity contribution in [3.8, 4) is 5.75 Å². The maximum absolute atomic E-state index is 13.5. The van der Waals surface area contributed by atoms with Crippen molar-refractivity contribution in [2.24, 2.45) is 5.73 Å². The van der Waals surface area contributed by atoms with Gasteiger partial charge in [-0.1, -0.05) is 12.1 Å². The normalized spacial score (nSPS) is 11.6. The van der Waals surface area contributed by atoms with Gasteiger partial charge >= 0.3 is 0 Å². The third-order valence-electron chi connectivity index (χ3n) is 2.13. The van der Waals surface area contributed by atoms with Crippen LogP contribution in [0.15, 0.2) is 18.2 Å². The van der Waals surface area contributed by atoms with Crippen LogP contribution in [-0.2, 0) is 11.3 Å². The van der Waals surface area contributed by atoms with Crippen molar-refractivity contribution in [3.05, 3.63) is 29.6 Å². The summed E-state index contributed by atoms with van der Waals surface area (Å²) < 4.78 is 24.3. The predicted octanol–water partition coefficient (Wildman–Crippen LogP) is 2.48. The molecule has 3 nitrogen and oxygen atoms in total. The molecule has 1 aromatic carbocycles. The molecule has 0 aliphatic carbocycles.